The molecule has 15 heavy (non-hydrogen) atoms. The Morgan fingerprint density at radius 3 is 0.600 bits per heavy atom. The van der Waals surface area contributed by atoms with E-state index in [1.807, 2.05) is 13.8 Å². The first-order chi connectivity index (χ1) is 3.83. The van der Waals surface area contributed by atoms with Crippen LogP contribution in [0.15, 0.2) is 0 Å². The quantitative estimate of drug-likeness (QED) is 0.436. The van der Waals surface area contributed by atoms with Gasteiger partial charge >= 0.3 is 0 Å². The first-order valence-corrected chi connectivity index (χ1v) is 1.91. The third-order valence-corrected chi connectivity index (χ3v) is 0. The zero-order valence-corrected chi connectivity index (χ0v) is 4.82. The van der Waals surface area contributed by atoms with Crippen molar-refractivity contribution in [3.8, 4) is 0 Å². The van der Waals surface area contributed by atoms with Crippen LogP contribution in [0.25, 0.3) is 0 Å². The highest BCUT2D eigenvalue weighted by Gasteiger charge is 1.04. The Labute approximate surface area is 99.1 Å². The number of rotatable bonds is 0. The first-order valence-electron chi connectivity index (χ1n) is 1.91. The maximum absolute atomic E-state index is 8.35. The van der Waals surface area contributed by atoms with Crippen LogP contribution in [0.1, 0.15) is 65.8 Å². The average Bonchev–Trinajstić information content (AvgIpc) is 1.75. The smallest absolute Gasteiger partial charge is 0.222 e. The second kappa shape index (κ2) is 3060. The second-order valence-electron chi connectivity index (χ2n) is 0.204. The Balaban J connectivity index is -0.00000000256. The summed E-state index contributed by atoms with van der Waals surface area (Å²) in [6.07, 6.45) is 1.50. The van der Waals surface area contributed by atoms with Crippen molar-refractivity contribution in [3.05, 3.63) is 0 Å². The van der Waals surface area contributed by atoms with Crippen LogP contribution in [0.4, 0.5) is 0 Å². The van der Waals surface area contributed by atoms with Gasteiger partial charge in [-0.25, -0.2) is 20.4 Å². The first kappa shape index (κ1) is 158. The minimum atomic E-state index is 0. The van der Waals surface area contributed by atoms with Gasteiger partial charge in [-0.3, -0.25) is 0 Å². The molecule has 0 radical (unpaired) electrons. The highest BCUT2D eigenvalue weighted by Crippen LogP contribution is 1.14. The molecule has 4 nitrogen and oxygen atoms in total. The highest BCUT2D eigenvalue weighted by atomic mass is 16.1. The number of nitrogens with one attached hydrogen (secondary N) is 2. The van der Waals surface area contributed by atoms with E-state index >= 15 is 0 Å². The van der Waals surface area contributed by atoms with Gasteiger partial charge in [0.05, 0.1) is 0 Å². The summed E-state index contributed by atoms with van der Waals surface area (Å²) in [5.74, 6) is 0. The van der Waals surface area contributed by atoms with Crippen LogP contribution in [0, 0.1) is 10.8 Å². The van der Waals surface area contributed by atoms with Crippen LogP contribution in [0.5, 0.6) is 0 Å². The molecule has 0 aliphatic heterocycles. The number of carbonyl (C=O) groups excluding carboxylic acids is 2. The molecule has 2 N–H and O–H groups in total. The Morgan fingerprint density at radius 1 is 0.600 bits per heavy atom. The molecule has 0 unspecified atom stereocenters. The predicted molar refractivity (Wildman–Crippen MR) is 75.3 cm³/mol. The summed E-state index contributed by atoms with van der Waals surface area (Å²) in [7, 11) is 0. The lowest BCUT2D eigenvalue weighted by Crippen LogP contribution is -1.16. The van der Waals surface area contributed by atoms with Gasteiger partial charge in [-0.1, -0.05) is 65.8 Å². The van der Waals surface area contributed by atoms with E-state index in [9.17, 15) is 0 Å². The van der Waals surface area contributed by atoms with Gasteiger partial charge in [0.15, 0.2) is 0 Å². The number of hydrogen-bond donors (Lipinski definition) is 2. The fourth-order valence-corrected chi connectivity index (χ4v) is 0. The molecule has 0 aliphatic carbocycles. The standard InChI is InChI=1S/C2H6.2CHNO.7CH4/c1-2;2*2-1-3;;;;;;;/h1-2H3;2*2H;7*1H4. The van der Waals surface area contributed by atoms with Gasteiger partial charge in [0.2, 0.25) is 12.2 Å². The highest BCUT2D eigenvalue weighted by molar-refractivity contribution is 5.26. The SMILES string of the molecule is C.C.C.C.C.C.C.CC.N=C=O.N=C=O. The summed E-state index contributed by atoms with van der Waals surface area (Å²) >= 11 is 0. The molecule has 0 bridgehead atoms. The van der Waals surface area contributed by atoms with E-state index in [0.29, 0.717) is 0 Å². The van der Waals surface area contributed by atoms with E-state index in [2.05, 4.69) is 0 Å². The van der Waals surface area contributed by atoms with Crippen LogP contribution >= 0.6 is 0 Å². The molecule has 0 saturated carbocycles. The van der Waals surface area contributed by atoms with Crippen LogP contribution < -0.4 is 0 Å². The molecule has 0 heterocycles. The normalized spacial score (nSPS) is 1.47. The van der Waals surface area contributed by atoms with Crippen molar-refractivity contribution in [3.63, 3.8) is 0 Å². The van der Waals surface area contributed by atoms with Crippen LogP contribution in [0.3, 0.4) is 0 Å². The lowest BCUT2D eigenvalue weighted by molar-refractivity contribution is 0.562. The summed E-state index contributed by atoms with van der Waals surface area (Å²) in [5, 5.41) is 10.8. The Bertz CT molecular complexity index is 70.6. The van der Waals surface area contributed by atoms with Crippen molar-refractivity contribution in [2.24, 2.45) is 0 Å². The van der Waals surface area contributed by atoms with Crippen LogP contribution in [0.2, 0.25) is 0 Å². The Morgan fingerprint density at radius 2 is 0.600 bits per heavy atom. The molecule has 102 valence electrons. The van der Waals surface area contributed by atoms with Gasteiger partial charge < -0.3 is 0 Å². The molecule has 0 saturated heterocycles. The summed E-state index contributed by atoms with van der Waals surface area (Å²) in [4.78, 5) is 16.7. The van der Waals surface area contributed by atoms with Crippen molar-refractivity contribution < 1.29 is 9.59 Å². The van der Waals surface area contributed by atoms with E-state index in [1.54, 1.807) is 0 Å². The zero-order chi connectivity index (χ0) is 7.41. The van der Waals surface area contributed by atoms with Crippen molar-refractivity contribution in [2.75, 3.05) is 0 Å². The fourth-order valence-electron chi connectivity index (χ4n) is 0. The fraction of sp³-hybridized carbons (Fsp3) is 0.818. The van der Waals surface area contributed by atoms with E-state index in [4.69, 9.17) is 20.4 Å². The molecule has 0 amide bonds. The molecule has 0 rings (SSSR count). The van der Waals surface area contributed by atoms with Crippen molar-refractivity contribution in [1.82, 2.24) is 0 Å². The molecule has 0 aromatic carbocycles. The lowest BCUT2D eigenvalue weighted by atomic mass is 11.0. The minimum absolute atomic E-state index is 0. The van der Waals surface area contributed by atoms with Gasteiger partial charge in [0.25, 0.3) is 0 Å². The van der Waals surface area contributed by atoms with Gasteiger partial charge in [0, 0.05) is 0 Å². The summed E-state index contributed by atoms with van der Waals surface area (Å²) in [5.41, 5.74) is 0. The molecule has 0 aromatic rings. The number of hydrogen-bond acceptors (Lipinski definition) is 4. The molecule has 4 heteroatoms. The van der Waals surface area contributed by atoms with E-state index < -0.39 is 0 Å². The van der Waals surface area contributed by atoms with Gasteiger partial charge in [-0.2, -0.15) is 0 Å². The average molecular weight is 228 g/mol. The Hall–Kier alpha value is -1.24. The zero-order valence-electron chi connectivity index (χ0n) is 4.82. The molecule has 0 aromatic heterocycles. The maximum atomic E-state index is 8.35. The summed E-state index contributed by atoms with van der Waals surface area (Å²) < 4.78 is 0. The monoisotopic (exact) mass is 228 g/mol. The van der Waals surface area contributed by atoms with E-state index in [-0.39, 0.29) is 52.0 Å². The molecule has 0 aliphatic rings. The van der Waals surface area contributed by atoms with Gasteiger partial charge in [-0.15, -0.1) is 0 Å². The minimum Gasteiger partial charge on any atom is -0.222 e. The third kappa shape index (κ3) is 961. The summed E-state index contributed by atoms with van der Waals surface area (Å²) in [6, 6.07) is 0. The topological polar surface area (TPSA) is 81.8 Å². The number of isocyanates is 2. The van der Waals surface area contributed by atoms with Gasteiger partial charge in [0.1, 0.15) is 0 Å². The van der Waals surface area contributed by atoms with Gasteiger partial charge in [-0.05, 0) is 0 Å². The second-order valence-corrected chi connectivity index (χ2v) is 0.204. The molecule has 0 atom stereocenters. The van der Waals surface area contributed by atoms with Crippen molar-refractivity contribution in [1.29, 1.82) is 10.8 Å². The molecule has 0 spiro atoms. The maximum Gasteiger partial charge on any atom is 0.231 e. The van der Waals surface area contributed by atoms with E-state index in [1.165, 1.54) is 0 Å². The van der Waals surface area contributed by atoms with Crippen molar-refractivity contribution >= 4 is 12.2 Å². The van der Waals surface area contributed by atoms with Crippen molar-refractivity contribution in [2.45, 2.75) is 65.8 Å². The molecular weight excluding hydrogens is 192 g/mol. The van der Waals surface area contributed by atoms with Crippen LogP contribution in [-0.4, -0.2) is 12.2 Å². The largest absolute Gasteiger partial charge is 0.231 e. The van der Waals surface area contributed by atoms with E-state index in [0.717, 1.165) is 12.2 Å². The molecular formula is C11H36N2O2. The van der Waals surface area contributed by atoms with Crippen LogP contribution in [-0.2, 0) is 9.59 Å². The molecule has 0 fully saturated rings. The Kier molecular flexibility index (Phi) is 32300. The lowest BCUT2D eigenvalue weighted by Gasteiger charge is -1.07. The summed E-state index contributed by atoms with van der Waals surface area (Å²) in [6.45, 7) is 4.00. The predicted octanol–water partition coefficient (Wildman–Crippen LogP) is 5.28. The third-order valence-electron chi connectivity index (χ3n) is 0.